The van der Waals surface area contributed by atoms with Gasteiger partial charge in [0.25, 0.3) is 0 Å². The van der Waals surface area contributed by atoms with Crippen molar-refractivity contribution in [1.82, 2.24) is 19.6 Å². The van der Waals surface area contributed by atoms with Crippen LogP contribution in [0.4, 0.5) is 5.69 Å². The van der Waals surface area contributed by atoms with Crippen molar-refractivity contribution in [3.05, 3.63) is 83.9 Å². The Labute approximate surface area is 410 Å². The molecule has 0 spiro atoms. The maximum atomic E-state index is 14.3. The molecule has 0 aromatic heterocycles. The van der Waals surface area contributed by atoms with Gasteiger partial charge >= 0.3 is 0 Å². The maximum absolute atomic E-state index is 14.3. The average Bonchev–Trinajstić information content (AvgIpc) is 3.35. The first-order valence-electron chi connectivity index (χ1n) is 26.8. The number of fused-ring (bicyclic) bond motifs is 15. The summed E-state index contributed by atoms with van der Waals surface area (Å²) in [7, 11) is 0. The lowest BCUT2D eigenvalue weighted by Crippen LogP contribution is -2.43. The Hall–Kier alpha value is -4.61. The third-order valence-corrected chi connectivity index (χ3v) is 13.5. The molecule has 376 valence electrons. The fourth-order valence-corrected chi connectivity index (χ4v) is 9.32. The lowest BCUT2D eigenvalue weighted by Gasteiger charge is -2.32. The highest BCUT2D eigenvalue weighted by molar-refractivity contribution is 5.94. The van der Waals surface area contributed by atoms with Gasteiger partial charge in [0.05, 0.1) is 5.69 Å². The molecule has 68 heavy (non-hydrogen) atoms. The van der Waals surface area contributed by atoms with Crippen LogP contribution in [0.2, 0.25) is 0 Å². The van der Waals surface area contributed by atoms with Crippen LogP contribution in [0.1, 0.15) is 154 Å². The Morgan fingerprint density at radius 3 is 1.29 bits per heavy atom. The molecule has 3 aliphatic rings. The highest BCUT2D eigenvalue weighted by Gasteiger charge is 2.24. The fourth-order valence-electron chi connectivity index (χ4n) is 9.32. The molecule has 0 unspecified atom stereocenters. The van der Waals surface area contributed by atoms with E-state index in [0.29, 0.717) is 123 Å². The Kier molecular flexibility index (Phi) is 25.8. The zero-order valence-electron chi connectivity index (χ0n) is 42.4. The van der Waals surface area contributed by atoms with E-state index < -0.39 is 0 Å². The molecule has 11 heteroatoms. The predicted octanol–water partition coefficient (Wildman–Crippen LogP) is 11.3. The van der Waals surface area contributed by atoms with Crippen LogP contribution in [0.5, 0.6) is 17.2 Å². The van der Waals surface area contributed by atoms with E-state index in [-0.39, 0.29) is 17.7 Å². The van der Waals surface area contributed by atoms with Gasteiger partial charge in [-0.1, -0.05) is 146 Å². The van der Waals surface area contributed by atoms with Gasteiger partial charge in [-0.25, -0.2) is 0 Å². The van der Waals surface area contributed by atoms with Gasteiger partial charge in [0.1, 0.15) is 37.1 Å². The normalized spacial score (nSPS) is 18.0. The van der Waals surface area contributed by atoms with Crippen LogP contribution in [0.25, 0.3) is 0 Å². The third-order valence-electron chi connectivity index (χ3n) is 13.5. The molecule has 0 saturated carbocycles. The van der Waals surface area contributed by atoms with Crippen LogP contribution in [0.15, 0.2) is 72.8 Å². The van der Waals surface area contributed by atoms with Gasteiger partial charge in [0, 0.05) is 95.8 Å². The molecule has 3 aromatic rings. The van der Waals surface area contributed by atoms with Crippen molar-refractivity contribution in [3.63, 3.8) is 0 Å². The number of hydrogen-bond donors (Lipinski definition) is 0. The molecule has 3 amide bonds. The molecule has 0 N–H and O–H groups in total. The summed E-state index contributed by atoms with van der Waals surface area (Å²) in [6.07, 6.45) is 18.5. The number of rotatable bonds is 18. The lowest BCUT2D eigenvalue weighted by atomic mass is 10.1. The summed E-state index contributed by atoms with van der Waals surface area (Å²) in [6, 6.07) is 24.3. The van der Waals surface area contributed by atoms with E-state index >= 15 is 0 Å². The monoisotopic (exact) mass is 938 g/mol. The summed E-state index contributed by atoms with van der Waals surface area (Å²) < 4.78 is 19.8. The third kappa shape index (κ3) is 19.4. The lowest BCUT2D eigenvalue weighted by molar-refractivity contribution is -0.132. The number of anilines is 1. The van der Waals surface area contributed by atoms with Crippen molar-refractivity contribution in [1.29, 1.82) is 0 Å². The van der Waals surface area contributed by atoms with Gasteiger partial charge in [-0.2, -0.15) is 0 Å². The molecule has 3 aromatic carbocycles. The smallest absolute Gasteiger partial charge is 0.227 e. The molecule has 0 aliphatic carbocycles. The summed E-state index contributed by atoms with van der Waals surface area (Å²) in [6.45, 7) is 14.3. The van der Waals surface area contributed by atoms with Gasteiger partial charge < -0.3 is 28.9 Å². The Bertz CT molecular complexity index is 1800. The molecule has 11 nitrogen and oxygen atoms in total. The highest BCUT2D eigenvalue weighted by atomic mass is 16.5. The Balaban J connectivity index is 1.52. The largest absolute Gasteiger partial charge is 0.492 e. The van der Waals surface area contributed by atoms with E-state index in [1.807, 2.05) is 75.4 Å². The number of carbonyl (C=O) groups excluding carboxylic acids is 3. The van der Waals surface area contributed by atoms with E-state index in [9.17, 15) is 14.4 Å². The molecule has 0 fully saturated rings. The van der Waals surface area contributed by atoms with Crippen LogP contribution in [-0.2, 0) is 27.5 Å². The summed E-state index contributed by atoms with van der Waals surface area (Å²) in [4.78, 5) is 53.7. The summed E-state index contributed by atoms with van der Waals surface area (Å²) >= 11 is 0. The second kappa shape index (κ2) is 32.2. The number of amides is 3. The summed E-state index contributed by atoms with van der Waals surface area (Å²) in [5.41, 5.74) is 2.79. The molecule has 3 aliphatic heterocycles. The summed E-state index contributed by atoms with van der Waals surface area (Å²) in [5.74, 6) is 2.74. The van der Waals surface area contributed by atoms with E-state index in [0.717, 1.165) is 105 Å². The standard InChI is InChI=1S/C57H87N5O6/c1-4-7-10-13-16-32-55(63)60-39-37-58-35-25-36-62(57(65)34-18-15-12-9-6-3)51-28-21-24-31-54(51)68-46-43-59(41-44-66-52-29-22-19-26-49(52)47-60)42-45-67-53-30-23-20-27-50(53)48-61(40-38-58)56(64)33-17-14-11-8-5-2/h19-24,26-31H,4-18,25,32-48H2,1-3H3. The topological polar surface area (TPSA) is 95.1 Å². The van der Waals surface area contributed by atoms with Gasteiger partial charge in [-0.05, 0) is 56.5 Å². The molecule has 0 saturated heterocycles. The van der Waals surface area contributed by atoms with Gasteiger partial charge in [0.15, 0.2) is 0 Å². The molecular weight excluding hydrogens is 851 g/mol. The second-order valence-electron chi connectivity index (χ2n) is 18.9. The van der Waals surface area contributed by atoms with Crippen LogP contribution in [-0.4, -0.2) is 116 Å². The van der Waals surface area contributed by atoms with E-state index in [2.05, 4.69) is 42.7 Å². The minimum atomic E-state index is 0.119. The number of benzene rings is 3. The first-order chi connectivity index (χ1) is 33.4. The van der Waals surface area contributed by atoms with Gasteiger partial charge in [0.2, 0.25) is 17.7 Å². The number of unbranched alkanes of at least 4 members (excludes halogenated alkanes) is 12. The van der Waals surface area contributed by atoms with Crippen molar-refractivity contribution < 1.29 is 28.6 Å². The van der Waals surface area contributed by atoms with Crippen molar-refractivity contribution in [2.45, 2.75) is 156 Å². The van der Waals surface area contributed by atoms with Crippen molar-refractivity contribution in [3.8, 4) is 17.2 Å². The van der Waals surface area contributed by atoms with E-state index in [1.165, 1.54) is 19.3 Å². The number of hydrogen-bond acceptors (Lipinski definition) is 8. The first-order valence-corrected chi connectivity index (χ1v) is 26.8. The van der Waals surface area contributed by atoms with Crippen molar-refractivity contribution >= 4 is 23.4 Å². The Morgan fingerprint density at radius 2 is 0.809 bits per heavy atom. The quantitative estimate of drug-likeness (QED) is 0.116. The zero-order valence-corrected chi connectivity index (χ0v) is 42.4. The predicted molar refractivity (Wildman–Crippen MR) is 277 cm³/mol. The average molecular weight is 938 g/mol. The number of ether oxygens (including phenoxy) is 3. The molecule has 0 atom stereocenters. The minimum absolute atomic E-state index is 0.119. The molecule has 6 rings (SSSR count). The van der Waals surface area contributed by atoms with Crippen molar-refractivity contribution in [2.24, 2.45) is 0 Å². The second-order valence-corrected chi connectivity index (χ2v) is 18.9. The molecule has 0 radical (unpaired) electrons. The number of carbonyl (C=O) groups is 3. The van der Waals surface area contributed by atoms with Crippen LogP contribution >= 0.6 is 0 Å². The van der Waals surface area contributed by atoms with Crippen LogP contribution in [0, 0.1) is 0 Å². The van der Waals surface area contributed by atoms with Gasteiger partial charge in [-0.15, -0.1) is 0 Å². The highest BCUT2D eigenvalue weighted by Crippen LogP contribution is 2.30. The number of nitrogens with zero attached hydrogens (tertiary/aromatic N) is 5. The minimum Gasteiger partial charge on any atom is -0.492 e. The number of para-hydroxylation sites is 4. The SMILES string of the molecule is CCCCCCCC(=O)N1CCN2CCCN(C(=O)CCCCCCC)c3ccccc3OCCN(CCOc3ccccc3C1)CCOc1ccccc1CN(C(=O)CCCCCCC)CC2. The first kappa shape index (κ1) is 54.3. The zero-order chi connectivity index (χ0) is 48.0. The Morgan fingerprint density at radius 1 is 0.412 bits per heavy atom. The van der Waals surface area contributed by atoms with E-state index in [1.54, 1.807) is 0 Å². The van der Waals surface area contributed by atoms with Crippen molar-refractivity contribution in [2.75, 3.05) is 83.6 Å². The maximum Gasteiger partial charge on any atom is 0.227 e. The van der Waals surface area contributed by atoms with E-state index in [4.69, 9.17) is 14.2 Å². The molecule has 2 bridgehead atoms. The van der Waals surface area contributed by atoms with Crippen LogP contribution < -0.4 is 19.1 Å². The van der Waals surface area contributed by atoms with Gasteiger partial charge in [-0.3, -0.25) is 24.2 Å². The summed E-state index contributed by atoms with van der Waals surface area (Å²) in [5, 5.41) is 0. The molecular formula is C57H87N5O6. The molecule has 3 heterocycles. The van der Waals surface area contributed by atoms with Crippen LogP contribution in [0.3, 0.4) is 0 Å². The fraction of sp³-hybridized carbons (Fsp3) is 0.632.